The van der Waals surface area contributed by atoms with Gasteiger partial charge in [0, 0.05) is 117 Å². The van der Waals surface area contributed by atoms with Crippen LogP contribution in [0, 0.1) is 0 Å². The molecule has 0 aromatic carbocycles. The number of hydrogen-bond donors (Lipinski definition) is 3. The van der Waals surface area contributed by atoms with Crippen molar-refractivity contribution in [2.45, 2.75) is 322 Å². The Hall–Kier alpha value is -1.92. The Kier molecular flexibility index (Phi) is 123. The van der Waals surface area contributed by atoms with Crippen LogP contribution in [0.5, 0.6) is 0 Å². The third kappa shape index (κ3) is 105. The second-order valence-electron chi connectivity index (χ2n) is 31.3. The van der Waals surface area contributed by atoms with Gasteiger partial charge in [-0.3, -0.25) is 71.7 Å². The molecule has 2 aliphatic heterocycles. The van der Waals surface area contributed by atoms with Crippen LogP contribution in [0.25, 0.3) is 0 Å². The number of halogens is 1. The number of hydrogen-bond acceptors (Lipinski definition) is 40. The summed E-state index contributed by atoms with van der Waals surface area (Å²) in [6.07, 6.45) is 35.5. The number of thioether (sulfide) groups is 8. The summed E-state index contributed by atoms with van der Waals surface area (Å²) < 4.78 is 70.4. The SMILES string of the molecule is CCCCSC(C=NC)C(C=NC)SCCCC(=O)COCCOCC(C)=O.CCCCSC(C=O)C(C=O)SCCCC(=O)COCCOCC(C)=O.CCCCSC1CCC1SCCCC(=O)COCCOCC(C)=O.CN.NCCSC1CCC1SCCN.O=C(CCOCCC(=O)ON1C(=O)CCC1=O)ON1C(=O)CCC1=O.[B]CCCCC.[B]CCCCC.[B]CCCCC.[Na+].[O-][I+3]([O-])([O-])[O-]. The summed E-state index contributed by atoms with van der Waals surface area (Å²) in [4.78, 5) is 175. The largest absolute Gasteiger partial charge is 1.00 e. The van der Waals surface area contributed by atoms with Gasteiger partial charge in [0.05, 0.1) is 110 Å². The third-order valence-corrected chi connectivity index (χ3v) is 30.4. The van der Waals surface area contributed by atoms with Crippen molar-refractivity contribution in [2.24, 2.45) is 27.2 Å². The van der Waals surface area contributed by atoms with Gasteiger partial charge in [0.1, 0.15) is 72.3 Å². The maximum absolute atomic E-state index is 11.9. The van der Waals surface area contributed by atoms with E-state index in [1.165, 1.54) is 166 Å². The molecule has 4 rings (SSSR count). The number of unbranched alkanes of at least 4 members (excludes halogenated alkanes) is 9. The van der Waals surface area contributed by atoms with Crippen LogP contribution >= 0.6 is 94.1 Å². The molecule has 0 aromatic heterocycles. The van der Waals surface area contributed by atoms with Gasteiger partial charge in [-0.15, -0.1) is 33.7 Å². The van der Waals surface area contributed by atoms with Crippen molar-refractivity contribution < 1.29 is 173 Å². The molecule has 0 bridgehead atoms. The normalized spacial score (nSPS) is 15.7. The van der Waals surface area contributed by atoms with E-state index in [-0.39, 0.29) is 185 Å². The molecule has 8 atom stereocenters. The van der Waals surface area contributed by atoms with Gasteiger partial charge in [-0.2, -0.15) is 70.6 Å². The first kappa shape index (κ1) is 152. The molecule has 0 spiro atoms. The Labute approximate surface area is 910 Å². The standard InChI is InChI=1S/C20H36N2O4S2.C18H30O6S2.C18H32O4S2.C14H16N2O9.C8H18N2S2.3C5H11B.CH5N.IO4.Na/c1-5-6-11-27-19(13-21-3)20(14-22-4)28-12-7-8-18(24)16-26-10-9-25-15-17(2)23;1-3-4-9-25-17(11-19)18(12-20)26-10-5-6-16(22)14-24-8-7-23-13-15(2)21;1-3-4-11-23-17-7-8-18(17)24-12-5-6-16(20)14-22-10-9-21-13-15(2)19;17-9-1-2-10(18)15(9)24-13(21)5-7-23-8-6-14(22)25-16-11(19)3-4-12(16)20;9-3-5-11-7-1-2-8(7)12-6-4-10;3*1-2-3-4-5-6;1-2;2-1(3,4)5;/h13-14,19-20H,5-12,15-16H2,1-4H3;11-12,17-18H,3-10,13-14H2,1-2H3;17-18H,3-14H2,1-2H3;1-8H2;7-8H,1-6,9-10H2;3*2-5H2,1H3;2H2,1H3;;/q;;;;;;;;;-1;+1. The molecule has 2 saturated heterocycles. The molecule has 6 N–H and O–H groups in total. The van der Waals surface area contributed by atoms with Crippen LogP contribution in [0.2, 0.25) is 19.0 Å². The molecular formula is C94H170B3IN7NaO27S8. The first-order valence-electron chi connectivity index (χ1n) is 48.8. The summed E-state index contributed by atoms with van der Waals surface area (Å²) in [5.74, 6) is 4.37. The van der Waals surface area contributed by atoms with Crippen LogP contribution in [-0.4, -0.2) is 344 Å². The van der Waals surface area contributed by atoms with Crippen LogP contribution in [-0.2, 0) is 110 Å². The number of amides is 4. The predicted molar refractivity (Wildman–Crippen MR) is 567 cm³/mol. The fraction of sp³-hybridized carbons (Fsp3) is 0.830. The molecule has 141 heavy (non-hydrogen) atoms. The minimum atomic E-state index is -5.94. The first-order valence-corrected chi connectivity index (χ1v) is 60.7. The summed E-state index contributed by atoms with van der Waals surface area (Å²) in [5, 5.41) is 4.13. The van der Waals surface area contributed by atoms with Crippen LogP contribution in [0.3, 0.4) is 0 Å². The number of rotatable bonds is 77. The smallest absolute Gasteiger partial charge is 0.380 e. The van der Waals surface area contributed by atoms with Gasteiger partial charge >= 0.3 is 41.5 Å². The molecule has 0 aromatic rings. The van der Waals surface area contributed by atoms with Gasteiger partial charge in [0.15, 0.2) is 34.7 Å². The maximum atomic E-state index is 11.9. The molecule has 2 saturated carbocycles. The number of Topliss-reactive ketones (excluding diaryl/α,β-unsaturated/α-hetero) is 6. The Morgan fingerprint density at radius 1 is 0.376 bits per heavy atom. The topological polar surface area (TPSA) is 524 Å². The number of carbonyl (C=O) groups is 14. The average Bonchev–Trinajstić information content (AvgIpc) is 1.28. The second kappa shape index (κ2) is 114. The fourth-order valence-electron chi connectivity index (χ4n) is 10.8. The van der Waals surface area contributed by atoms with E-state index in [9.17, 15) is 67.1 Å². The zero-order chi connectivity index (χ0) is 106. The number of nitrogens with two attached hydrogens (primary N) is 3. The number of aliphatic imine (C=N–C) groups is 2. The summed E-state index contributed by atoms with van der Waals surface area (Å²) in [6, 6.07) is 0. The number of imide groups is 2. The van der Waals surface area contributed by atoms with Gasteiger partial charge in [-0.05, 0) is 127 Å². The van der Waals surface area contributed by atoms with Crippen LogP contribution in [0.15, 0.2) is 9.98 Å². The van der Waals surface area contributed by atoms with E-state index in [4.69, 9.17) is 81.9 Å². The van der Waals surface area contributed by atoms with Crippen LogP contribution in [0.1, 0.15) is 261 Å². The predicted octanol–water partition coefficient (Wildman–Crippen LogP) is 3.49. The van der Waals surface area contributed by atoms with E-state index in [0.717, 1.165) is 126 Å². The number of hydroxylamine groups is 4. The van der Waals surface area contributed by atoms with Gasteiger partial charge < -0.3 is 69.6 Å². The molecule has 4 aliphatic rings. The van der Waals surface area contributed by atoms with Crippen LogP contribution < -0.4 is 80.6 Å². The van der Waals surface area contributed by atoms with Crippen molar-refractivity contribution >= 4 is 213 Å². The molecule has 47 heteroatoms. The van der Waals surface area contributed by atoms with E-state index >= 15 is 0 Å². The van der Waals surface area contributed by atoms with E-state index < -0.39 is 55.7 Å². The van der Waals surface area contributed by atoms with E-state index in [1.54, 1.807) is 7.05 Å². The Balaban J connectivity index is -0.000000302. The molecule has 8 unspecified atom stereocenters. The number of carbonyl (C=O) groups excluding carboxylic acids is 14. The average molecular weight is 2270 g/mol. The summed E-state index contributed by atoms with van der Waals surface area (Å²) in [7, 11) is 20.7. The van der Waals surface area contributed by atoms with Crippen molar-refractivity contribution in [3.63, 3.8) is 0 Å². The van der Waals surface area contributed by atoms with Crippen molar-refractivity contribution in [1.82, 2.24) is 10.1 Å². The molecule has 808 valence electrons. The minimum absolute atomic E-state index is 0. The number of ether oxygens (including phenoxy) is 7. The van der Waals surface area contributed by atoms with Gasteiger partial charge in [-0.25, -0.2) is 9.59 Å². The van der Waals surface area contributed by atoms with E-state index in [1.807, 2.05) is 78.3 Å². The third-order valence-electron chi connectivity index (χ3n) is 18.4. The summed E-state index contributed by atoms with van der Waals surface area (Å²) in [6.45, 7) is 21.4. The molecular weight excluding hydrogens is 2100 g/mol. The summed E-state index contributed by atoms with van der Waals surface area (Å²) in [5.41, 5.74) is 15.4. The van der Waals surface area contributed by atoms with Crippen molar-refractivity contribution in [1.29, 1.82) is 0 Å². The zero-order valence-electron chi connectivity index (χ0n) is 86.9. The quantitative estimate of drug-likeness (QED) is 0.0196. The Bertz CT molecular complexity index is 3050. The van der Waals surface area contributed by atoms with E-state index in [2.05, 4.69) is 78.7 Å². The molecule has 34 nitrogen and oxygen atoms in total. The first-order chi connectivity index (χ1) is 67.2. The maximum Gasteiger partial charge on any atom is 1.00 e. The number of aldehydes is 2. The van der Waals surface area contributed by atoms with Crippen LogP contribution in [0.4, 0.5) is 0 Å². The van der Waals surface area contributed by atoms with Gasteiger partial charge in [0.2, 0.25) is 0 Å². The Morgan fingerprint density at radius 2 is 0.617 bits per heavy atom. The zero-order valence-corrected chi connectivity index (χ0v) is 97.5. The Morgan fingerprint density at radius 3 is 0.851 bits per heavy atom. The molecule has 4 fully saturated rings. The molecule has 2 heterocycles. The summed E-state index contributed by atoms with van der Waals surface area (Å²) >= 11 is 9.01. The molecule has 6 radical (unpaired) electrons. The van der Waals surface area contributed by atoms with Gasteiger partial charge in [0.25, 0.3) is 23.6 Å². The monoisotopic (exact) mass is 2270 g/mol. The number of nitrogens with zero attached hydrogens (tertiary/aromatic N) is 4. The van der Waals surface area contributed by atoms with E-state index in [0.29, 0.717) is 73.2 Å². The fourth-order valence-corrected chi connectivity index (χ4v) is 21.8. The molecule has 2 aliphatic carbocycles. The number of ketones is 6. The van der Waals surface area contributed by atoms with Crippen molar-refractivity contribution in [3.8, 4) is 0 Å². The van der Waals surface area contributed by atoms with Crippen molar-refractivity contribution in [3.05, 3.63) is 0 Å². The van der Waals surface area contributed by atoms with Gasteiger partial charge in [-0.1, -0.05) is 138 Å². The second-order valence-corrected chi connectivity index (χ2v) is 44.0. The minimum Gasteiger partial charge on any atom is -0.380 e. The van der Waals surface area contributed by atoms with Crippen molar-refractivity contribution in [2.75, 3.05) is 173 Å². The molecule has 4 amide bonds.